The average molecular weight is 426 g/mol. The first-order chi connectivity index (χ1) is 14.7. The molecule has 1 aromatic carbocycles. The number of benzene rings is 1. The Kier molecular flexibility index (Phi) is 6.79. The largest absolute Gasteiger partial charge is 0.457 e. The molecule has 1 saturated heterocycles. The zero-order chi connectivity index (χ0) is 22.4. The molecule has 2 amide bonds. The van der Waals surface area contributed by atoms with E-state index in [0.717, 1.165) is 5.56 Å². The number of nitrogens with zero attached hydrogens (tertiary/aromatic N) is 2. The molecular formula is C23H26N2O6. The fraction of sp³-hybridized carbons (Fsp3) is 0.348. The third-order valence-electron chi connectivity index (χ3n) is 4.35. The van der Waals surface area contributed by atoms with Gasteiger partial charge in [0, 0.05) is 25.2 Å². The smallest absolute Gasteiger partial charge is 0.410 e. The number of anilines is 1. The van der Waals surface area contributed by atoms with Gasteiger partial charge in [0.1, 0.15) is 24.5 Å². The Hall–Kier alpha value is -3.55. The van der Waals surface area contributed by atoms with Gasteiger partial charge >= 0.3 is 12.1 Å². The zero-order valence-corrected chi connectivity index (χ0v) is 17.9. The van der Waals surface area contributed by atoms with E-state index in [1.54, 1.807) is 32.9 Å². The summed E-state index contributed by atoms with van der Waals surface area (Å²) in [5.41, 5.74) is 0.299. The Morgan fingerprint density at radius 2 is 1.84 bits per heavy atom. The summed E-state index contributed by atoms with van der Waals surface area (Å²) in [6.07, 6.45) is 2.23. The highest BCUT2D eigenvalue weighted by Crippen LogP contribution is 2.22. The number of hydrogen-bond acceptors (Lipinski definition) is 6. The highest BCUT2D eigenvalue weighted by Gasteiger charge is 2.30. The molecule has 0 unspecified atom stereocenters. The van der Waals surface area contributed by atoms with Crippen LogP contribution in [-0.4, -0.2) is 48.1 Å². The van der Waals surface area contributed by atoms with Gasteiger partial charge in [-0.15, -0.1) is 0 Å². The van der Waals surface area contributed by atoms with Gasteiger partial charge in [0.15, 0.2) is 0 Å². The van der Waals surface area contributed by atoms with Crippen LogP contribution < -0.4 is 4.90 Å². The molecule has 8 nitrogen and oxygen atoms in total. The van der Waals surface area contributed by atoms with Crippen molar-refractivity contribution in [2.24, 2.45) is 0 Å². The second-order valence-electron chi connectivity index (χ2n) is 8.05. The Balaban J connectivity index is 1.52. The van der Waals surface area contributed by atoms with E-state index in [2.05, 4.69) is 0 Å². The number of hydrogen-bond donors (Lipinski definition) is 0. The van der Waals surface area contributed by atoms with E-state index < -0.39 is 17.7 Å². The normalized spacial score (nSPS) is 14.7. The second-order valence-corrected chi connectivity index (χ2v) is 8.05. The van der Waals surface area contributed by atoms with E-state index in [9.17, 15) is 14.4 Å². The van der Waals surface area contributed by atoms with Crippen LogP contribution in [0.3, 0.4) is 0 Å². The minimum absolute atomic E-state index is 0.0998. The number of rotatable bonds is 5. The topological polar surface area (TPSA) is 89.3 Å². The van der Waals surface area contributed by atoms with Gasteiger partial charge in [-0.25, -0.2) is 9.59 Å². The molecule has 1 aromatic heterocycles. The molecule has 1 fully saturated rings. The van der Waals surface area contributed by atoms with Crippen LogP contribution in [0.4, 0.5) is 10.7 Å². The predicted octanol–water partition coefficient (Wildman–Crippen LogP) is 3.62. The van der Waals surface area contributed by atoms with E-state index >= 15 is 0 Å². The Morgan fingerprint density at radius 1 is 1.10 bits per heavy atom. The lowest BCUT2D eigenvalue weighted by Gasteiger charge is -2.32. The number of esters is 1. The Labute approximate surface area is 181 Å². The maximum atomic E-state index is 12.5. The fourth-order valence-electron chi connectivity index (χ4n) is 2.94. The van der Waals surface area contributed by atoms with Crippen molar-refractivity contribution in [2.45, 2.75) is 33.0 Å². The van der Waals surface area contributed by atoms with Gasteiger partial charge in [0.2, 0.25) is 11.8 Å². The highest BCUT2D eigenvalue weighted by molar-refractivity contribution is 5.96. The van der Waals surface area contributed by atoms with Gasteiger partial charge < -0.3 is 13.9 Å². The minimum atomic E-state index is -0.579. The van der Waals surface area contributed by atoms with Crippen LogP contribution >= 0.6 is 0 Å². The van der Waals surface area contributed by atoms with E-state index in [-0.39, 0.29) is 25.6 Å². The van der Waals surface area contributed by atoms with Gasteiger partial charge in [-0.05, 0) is 38.5 Å². The van der Waals surface area contributed by atoms with Crippen molar-refractivity contribution < 1.29 is 28.3 Å². The lowest BCUT2D eigenvalue weighted by atomic mass is 10.2. The van der Waals surface area contributed by atoms with Crippen molar-refractivity contribution in [1.82, 2.24) is 4.90 Å². The van der Waals surface area contributed by atoms with Gasteiger partial charge in [0.25, 0.3) is 0 Å². The fourth-order valence-corrected chi connectivity index (χ4v) is 2.94. The van der Waals surface area contributed by atoms with Crippen molar-refractivity contribution in [2.75, 3.05) is 24.5 Å². The maximum absolute atomic E-state index is 12.5. The monoisotopic (exact) mass is 426 g/mol. The first-order valence-corrected chi connectivity index (χ1v) is 9.98. The van der Waals surface area contributed by atoms with Crippen LogP contribution in [0.2, 0.25) is 0 Å². The third-order valence-corrected chi connectivity index (χ3v) is 4.35. The molecule has 8 heteroatoms. The van der Waals surface area contributed by atoms with E-state index in [1.165, 1.54) is 22.0 Å². The van der Waals surface area contributed by atoms with Crippen LogP contribution in [0.1, 0.15) is 32.1 Å². The highest BCUT2D eigenvalue weighted by atomic mass is 16.6. The number of ether oxygens (including phenoxy) is 2. The summed E-state index contributed by atoms with van der Waals surface area (Å²) < 4.78 is 16.1. The molecule has 2 heterocycles. The third kappa shape index (κ3) is 6.47. The second kappa shape index (κ2) is 9.51. The summed E-state index contributed by atoms with van der Waals surface area (Å²) in [6.45, 7) is 6.01. The number of piperazine rings is 1. The van der Waals surface area contributed by atoms with Crippen molar-refractivity contribution in [1.29, 1.82) is 0 Å². The molecule has 0 N–H and O–H groups in total. The van der Waals surface area contributed by atoms with Crippen LogP contribution in [0.15, 0.2) is 53.0 Å². The van der Waals surface area contributed by atoms with Gasteiger partial charge in [-0.1, -0.05) is 30.3 Å². The van der Waals surface area contributed by atoms with Crippen molar-refractivity contribution in [3.05, 3.63) is 59.9 Å². The van der Waals surface area contributed by atoms with E-state index in [0.29, 0.717) is 18.2 Å². The number of carbonyl (C=O) groups is 3. The molecule has 0 saturated carbocycles. The summed E-state index contributed by atoms with van der Waals surface area (Å²) in [6, 6.07) is 12.7. The molecular weight excluding hydrogens is 400 g/mol. The quantitative estimate of drug-likeness (QED) is 0.536. The van der Waals surface area contributed by atoms with Crippen LogP contribution in [0.5, 0.6) is 0 Å². The number of carbonyl (C=O) groups excluding carboxylic acids is 3. The summed E-state index contributed by atoms with van der Waals surface area (Å²) in [5, 5.41) is 0. The lowest BCUT2D eigenvalue weighted by Crippen LogP contribution is -2.52. The van der Waals surface area contributed by atoms with Crippen molar-refractivity contribution >= 4 is 29.9 Å². The summed E-state index contributed by atoms with van der Waals surface area (Å²) in [7, 11) is 0. The standard InChI is InChI=1S/C23H26N2O6/c1-23(2,3)31-21(27)12-10-18-9-11-20(30-18)25-14-13-24(15-19(25)26)22(28)29-16-17-7-5-4-6-8-17/h4-12H,13-16H2,1-3H3/b12-10+. The minimum Gasteiger partial charge on any atom is -0.457 e. The first-order valence-electron chi connectivity index (χ1n) is 9.98. The average Bonchev–Trinajstić information content (AvgIpc) is 3.18. The predicted molar refractivity (Wildman–Crippen MR) is 114 cm³/mol. The van der Waals surface area contributed by atoms with Crippen LogP contribution in [-0.2, 0) is 25.7 Å². The van der Waals surface area contributed by atoms with Gasteiger partial charge in [-0.2, -0.15) is 0 Å². The first kappa shape index (κ1) is 22.1. The molecule has 1 aliphatic heterocycles. The van der Waals surface area contributed by atoms with Gasteiger partial charge in [-0.3, -0.25) is 14.6 Å². The molecule has 164 valence electrons. The number of amides is 2. The maximum Gasteiger partial charge on any atom is 0.410 e. The Bertz CT molecular complexity index is 958. The Morgan fingerprint density at radius 3 is 2.52 bits per heavy atom. The molecule has 0 spiro atoms. The summed E-state index contributed by atoms with van der Waals surface area (Å²) >= 11 is 0. The van der Waals surface area contributed by atoms with E-state index in [1.807, 2.05) is 30.3 Å². The molecule has 3 rings (SSSR count). The summed E-state index contributed by atoms with van der Waals surface area (Å²) in [5.74, 6) is 0.00795. The SMILES string of the molecule is CC(C)(C)OC(=O)/C=C/c1ccc(N2CCN(C(=O)OCc3ccccc3)CC2=O)o1. The van der Waals surface area contributed by atoms with Crippen molar-refractivity contribution in [3.8, 4) is 0 Å². The van der Waals surface area contributed by atoms with Crippen LogP contribution in [0, 0.1) is 0 Å². The summed E-state index contributed by atoms with van der Waals surface area (Å²) in [4.78, 5) is 39.4. The van der Waals surface area contributed by atoms with Crippen LogP contribution in [0.25, 0.3) is 6.08 Å². The molecule has 0 bridgehead atoms. The molecule has 31 heavy (non-hydrogen) atoms. The molecule has 0 radical (unpaired) electrons. The van der Waals surface area contributed by atoms with Gasteiger partial charge in [0.05, 0.1) is 0 Å². The molecule has 1 aliphatic rings. The molecule has 2 aromatic rings. The molecule has 0 atom stereocenters. The zero-order valence-electron chi connectivity index (χ0n) is 17.9. The van der Waals surface area contributed by atoms with E-state index in [4.69, 9.17) is 13.9 Å². The molecule has 0 aliphatic carbocycles. The lowest BCUT2D eigenvalue weighted by molar-refractivity contribution is -0.148. The van der Waals surface area contributed by atoms with Crippen molar-refractivity contribution in [3.63, 3.8) is 0 Å². The number of furan rings is 1.